The highest BCUT2D eigenvalue weighted by Crippen LogP contribution is 2.26. The predicted molar refractivity (Wildman–Crippen MR) is 128 cm³/mol. The van der Waals surface area contributed by atoms with Gasteiger partial charge in [-0.2, -0.15) is 9.40 Å². The van der Waals surface area contributed by atoms with Gasteiger partial charge in [-0.25, -0.2) is 8.42 Å². The van der Waals surface area contributed by atoms with Crippen LogP contribution in [0.5, 0.6) is 0 Å². The van der Waals surface area contributed by atoms with E-state index in [0.29, 0.717) is 31.6 Å². The van der Waals surface area contributed by atoms with Crippen LogP contribution in [0.1, 0.15) is 44.1 Å². The molecule has 0 saturated carbocycles. The van der Waals surface area contributed by atoms with Crippen LogP contribution in [0.25, 0.3) is 0 Å². The van der Waals surface area contributed by atoms with Crippen LogP contribution >= 0.6 is 0 Å². The summed E-state index contributed by atoms with van der Waals surface area (Å²) in [5.41, 5.74) is 0.265. The predicted octanol–water partition coefficient (Wildman–Crippen LogP) is 2.24. The molecule has 1 aromatic heterocycles. The normalized spacial score (nSPS) is 15.2. The number of sulfonamides is 1. The van der Waals surface area contributed by atoms with Crippen LogP contribution in [0.3, 0.4) is 0 Å². The fourth-order valence-electron chi connectivity index (χ4n) is 3.71. The van der Waals surface area contributed by atoms with Crippen molar-refractivity contribution in [3.8, 4) is 0 Å². The number of piperidine rings is 1. The molecular formula is C22H30N6O6S. The third-order valence-electron chi connectivity index (χ3n) is 5.74. The average Bonchev–Trinajstić information content (AvgIpc) is 3.25. The van der Waals surface area contributed by atoms with Crippen molar-refractivity contribution in [2.75, 3.05) is 25.0 Å². The molecule has 13 heteroatoms. The van der Waals surface area contributed by atoms with Gasteiger partial charge in [0.1, 0.15) is 0 Å². The third-order valence-corrected chi connectivity index (χ3v) is 7.65. The van der Waals surface area contributed by atoms with E-state index in [-0.39, 0.29) is 47.1 Å². The van der Waals surface area contributed by atoms with Crippen molar-refractivity contribution in [1.29, 1.82) is 0 Å². The molecule has 0 bridgehead atoms. The first-order valence-corrected chi connectivity index (χ1v) is 12.9. The van der Waals surface area contributed by atoms with E-state index in [2.05, 4.69) is 15.7 Å². The minimum absolute atomic E-state index is 0.0324. The van der Waals surface area contributed by atoms with E-state index >= 15 is 0 Å². The molecule has 1 aliphatic rings. The number of anilines is 1. The van der Waals surface area contributed by atoms with Crippen molar-refractivity contribution >= 4 is 33.2 Å². The molecule has 35 heavy (non-hydrogen) atoms. The number of rotatable bonds is 9. The monoisotopic (exact) mass is 506 g/mol. The molecule has 0 aliphatic carbocycles. The molecule has 0 unspecified atom stereocenters. The number of nitro groups is 1. The van der Waals surface area contributed by atoms with Crippen LogP contribution in [-0.2, 0) is 21.4 Å². The van der Waals surface area contributed by atoms with Gasteiger partial charge in [0, 0.05) is 50.4 Å². The first-order chi connectivity index (χ1) is 16.5. The molecular weight excluding hydrogens is 476 g/mol. The maximum atomic E-state index is 12.9. The molecule has 2 amide bonds. The van der Waals surface area contributed by atoms with E-state index in [0.717, 1.165) is 12.1 Å². The Morgan fingerprint density at radius 2 is 1.83 bits per heavy atom. The number of non-ortho nitro benzene ring substituents is 1. The Bertz CT molecular complexity index is 1180. The lowest BCUT2D eigenvalue weighted by Crippen LogP contribution is -2.41. The van der Waals surface area contributed by atoms with Gasteiger partial charge in [0.05, 0.1) is 15.5 Å². The molecule has 1 aliphatic heterocycles. The standard InChI is InChI=1S/C22H30N6O6S/c1-4-26-14-19(20(25-26)22(30)23-13-15(2)3)24-21(29)16-9-11-27(12-10-16)35(33,34)18-7-5-17(6-8-18)28(31)32/h5-8,14-16H,4,9-13H2,1-3H3,(H,23,30)(H,24,29). The molecule has 2 aromatic rings. The zero-order valence-electron chi connectivity index (χ0n) is 19.9. The average molecular weight is 507 g/mol. The summed E-state index contributed by atoms with van der Waals surface area (Å²) in [7, 11) is -3.83. The Morgan fingerprint density at radius 3 is 2.37 bits per heavy atom. The molecule has 1 fully saturated rings. The maximum absolute atomic E-state index is 12.9. The van der Waals surface area contributed by atoms with E-state index in [4.69, 9.17) is 0 Å². The van der Waals surface area contributed by atoms with Gasteiger partial charge >= 0.3 is 0 Å². The van der Waals surface area contributed by atoms with Gasteiger partial charge in [-0.3, -0.25) is 24.4 Å². The first kappa shape index (κ1) is 26.3. The molecule has 1 aromatic carbocycles. The maximum Gasteiger partial charge on any atom is 0.273 e. The molecule has 0 atom stereocenters. The summed E-state index contributed by atoms with van der Waals surface area (Å²) in [4.78, 5) is 35.7. The SMILES string of the molecule is CCn1cc(NC(=O)C2CCN(S(=O)(=O)c3ccc([N+](=O)[O-])cc3)CC2)c(C(=O)NCC(C)C)n1. The Balaban J connectivity index is 1.64. The summed E-state index contributed by atoms with van der Waals surface area (Å²) in [6, 6.07) is 4.73. The van der Waals surface area contributed by atoms with Crippen LogP contribution in [0.4, 0.5) is 11.4 Å². The third kappa shape index (κ3) is 6.22. The minimum Gasteiger partial charge on any atom is -0.350 e. The van der Waals surface area contributed by atoms with E-state index in [1.165, 1.54) is 16.4 Å². The molecule has 1 saturated heterocycles. The lowest BCUT2D eigenvalue weighted by Gasteiger charge is -2.30. The fourth-order valence-corrected chi connectivity index (χ4v) is 5.17. The highest BCUT2D eigenvalue weighted by atomic mass is 32.2. The Kier molecular flexibility index (Phi) is 8.22. The number of nitro benzene ring substituents is 1. The van der Waals surface area contributed by atoms with Crippen molar-refractivity contribution in [3.63, 3.8) is 0 Å². The van der Waals surface area contributed by atoms with E-state index in [1.54, 1.807) is 10.9 Å². The highest BCUT2D eigenvalue weighted by Gasteiger charge is 2.33. The number of benzene rings is 1. The molecule has 190 valence electrons. The number of carbonyl (C=O) groups excluding carboxylic acids is 2. The van der Waals surface area contributed by atoms with Crippen molar-refractivity contribution < 1.29 is 22.9 Å². The number of aryl methyl sites for hydroxylation is 1. The number of hydrogen-bond acceptors (Lipinski definition) is 7. The summed E-state index contributed by atoms with van der Waals surface area (Å²) < 4.78 is 28.6. The molecule has 3 rings (SSSR count). The van der Waals surface area contributed by atoms with Crippen LogP contribution in [0, 0.1) is 22.0 Å². The van der Waals surface area contributed by atoms with Crippen LogP contribution in [0.15, 0.2) is 35.4 Å². The molecule has 0 spiro atoms. The number of aromatic nitrogens is 2. The van der Waals surface area contributed by atoms with Gasteiger partial charge in [-0.15, -0.1) is 0 Å². The van der Waals surface area contributed by atoms with Crippen molar-refractivity contribution in [1.82, 2.24) is 19.4 Å². The summed E-state index contributed by atoms with van der Waals surface area (Å²) in [5.74, 6) is -0.844. The fraction of sp³-hybridized carbons (Fsp3) is 0.500. The van der Waals surface area contributed by atoms with Gasteiger partial charge in [0.2, 0.25) is 15.9 Å². The highest BCUT2D eigenvalue weighted by molar-refractivity contribution is 7.89. The van der Waals surface area contributed by atoms with Gasteiger partial charge in [-0.1, -0.05) is 13.8 Å². The van der Waals surface area contributed by atoms with Crippen molar-refractivity contribution in [2.24, 2.45) is 11.8 Å². The van der Waals surface area contributed by atoms with Crippen molar-refractivity contribution in [3.05, 3.63) is 46.3 Å². The van der Waals surface area contributed by atoms with Crippen LogP contribution in [0.2, 0.25) is 0 Å². The summed E-state index contributed by atoms with van der Waals surface area (Å²) in [6.07, 6.45) is 2.21. The zero-order valence-corrected chi connectivity index (χ0v) is 20.7. The van der Waals surface area contributed by atoms with Gasteiger partial charge in [0.15, 0.2) is 5.69 Å². The number of carbonyl (C=O) groups is 2. The first-order valence-electron chi connectivity index (χ1n) is 11.4. The van der Waals surface area contributed by atoms with Crippen LogP contribution < -0.4 is 10.6 Å². The Labute approximate surface area is 203 Å². The van der Waals surface area contributed by atoms with E-state index < -0.39 is 20.9 Å². The van der Waals surface area contributed by atoms with E-state index in [9.17, 15) is 28.1 Å². The Morgan fingerprint density at radius 1 is 1.20 bits per heavy atom. The van der Waals surface area contributed by atoms with Crippen molar-refractivity contribution in [2.45, 2.75) is 45.1 Å². The summed E-state index contributed by atoms with van der Waals surface area (Å²) in [6.45, 7) is 7.09. The Hall–Kier alpha value is -3.32. The molecule has 0 radical (unpaired) electrons. The summed E-state index contributed by atoms with van der Waals surface area (Å²) in [5, 5.41) is 20.7. The van der Waals surface area contributed by atoms with Gasteiger partial charge < -0.3 is 10.6 Å². The van der Waals surface area contributed by atoms with Gasteiger partial charge in [0.25, 0.3) is 11.6 Å². The largest absolute Gasteiger partial charge is 0.350 e. The smallest absolute Gasteiger partial charge is 0.273 e. The molecule has 2 N–H and O–H groups in total. The van der Waals surface area contributed by atoms with E-state index in [1.807, 2.05) is 20.8 Å². The molecule has 12 nitrogen and oxygen atoms in total. The number of nitrogens with zero attached hydrogens (tertiary/aromatic N) is 4. The lowest BCUT2D eigenvalue weighted by molar-refractivity contribution is -0.384. The second-order valence-electron chi connectivity index (χ2n) is 8.77. The summed E-state index contributed by atoms with van der Waals surface area (Å²) >= 11 is 0. The number of amides is 2. The number of hydrogen-bond donors (Lipinski definition) is 2. The van der Waals surface area contributed by atoms with Gasteiger partial charge in [-0.05, 0) is 37.8 Å². The second kappa shape index (κ2) is 11.0. The number of nitrogens with one attached hydrogen (secondary N) is 2. The molecule has 2 heterocycles. The lowest BCUT2D eigenvalue weighted by atomic mass is 9.97. The zero-order chi connectivity index (χ0) is 25.8. The second-order valence-corrected chi connectivity index (χ2v) is 10.7. The minimum atomic E-state index is -3.83. The quantitative estimate of drug-likeness (QED) is 0.390. The van der Waals surface area contributed by atoms with Crippen LogP contribution in [-0.4, -0.2) is 58.9 Å². The topological polar surface area (TPSA) is 157 Å².